The van der Waals surface area contributed by atoms with Gasteiger partial charge in [0.1, 0.15) is 5.75 Å². The lowest BCUT2D eigenvalue weighted by molar-refractivity contribution is 0.237. The van der Waals surface area contributed by atoms with Crippen LogP contribution in [0.1, 0.15) is 44.2 Å². The summed E-state index contributed by atoms with van der Waals surface area (Å²) in [6.07, 6.45) is 5.04. The van der Waals surface area contributed by atoms with E-state index in [0.29, 0.717) is 6.04 Å². The minimum absolute atomic E-state index is 0.657. The van der Waals surface area contributed by atoms with E-state index < -0.39 is 0 Å². The highest BCUT2D eigenvalue weighted by Crippen LogP contribution is 2.34. The molecule has 2 atom stereocenters. The van der Waals surface area contributed by atoms with E-state index in [2.05, 4.69) is 47.2 Å². The summed E-state index contributed by atoms with van der Waals surface area (Å²) in [7, 11) is 0. The zero-order valence-electron chi connectivity index (χ0n) is 12.4. The quantitative estimate of drug-likeness (QED) is 0.887. The molecule has 1 heterocycles. The van der Waals surface area contributed by atoms with Crippen LogP contribution in [0.2, 0.25) is 0 Å². The maximum absolute atomic E-state index is 5.81. The van der Waals surface area contributed by atoms with Crippen molar-refractivity contribution >= 4 is 15.9 Å². The van der Waals surface area contributed by atoms with E-state index in [1.807, 2.05) is 0 Å². The third-order valence-electron chi connectivity index (χ3n) is 4.59. The van der Waals surface area contributed by atoms with Crippen LogP contribution in [0.5, 0.6) is 5.75 Å². The highest BCUT2D eigenvalue weighted by atomic mass is 79.9. The Bertz CT molecular complexity index is 478. The lowest BCUT2D eigenvalue weighted by Gasteiger charge is -2.32. The average molecular weight is 338 g/mol. The van der Waals surface area contributed by atoms with E-state index in [9.17, 15) is 0 Å². The average Bonchev–Trinajstić information content (AvgIpc) is 2.82. The number of hydrogen-bond acceptors (Lipinski definition) is 2. The second-order valence-corrected chi connectivity index (χ2v) is 7.56. The van der Waals surface area contributed by atoms with Gasteiger partial charge in [0.05, 0.1) is 6.61 Å². The fraction of sp³-hybridized carbons (Fsp3) is 0.647. The summed E-state index contributed by atoms with van der Waals surface area (Å²) in [4.78, 5) is 0. The molecule has 20 heavy (non-hydrogen) atoms. The Morgan fingerprint density at radius 3 is 2.70 bits per heavy atom. The molecule has 2 unspecified atom stereocenters. The summed E-state index contributed by atoms with van der Waals surface area (Å²) in [6.45, 7) is 6.51. The van der Waals surface area contributed by atoms with Gasteiger partial charge in [0.15, 0.2) is 0 Å². The number of rotatable bonds is 3. The first-order valence-electron chi connectivity index (χ1n) is 7.79. The topological polar surface area (TPSA) is 21.3 Å². The van der Waals surface area contributed by atoms with Gasteiger partial charge in [-0.25, -0.2) is 0 Å². The van der Waals surface area contributed by atoms with Gasteiger partial charge in [0.25, 0.3) is 0 Å². The third kappa shape index (κ3) is 3.20. The maximum atomic E-state index is 5.81. The molecule has 0 saturated heterocycles. The van der Waals surface area contributed by atoms with E-state index in [1.54, 1.807) is 0 Å². The zero-order chi connectivity index (χ0) is 14.1. The Labute approximate surface area is 130 Å². The van der Waals surface area contributed by atoms with E-state index >= 15 is 0 Å². The lowest BCUT2D eigenvalue weighted by atomic mass is 9.80. The molecule has 0 bridgehead atoms. The van der Waals surface area contributed by atoms with Crippen LogP contribution in [0.15, 0.2) is 16.6 Å². The molecule has 3 heteroatoms. The Kier molecular flexibility index (Phi) is 4.37. The molecule has 1 N–H and O–H groups in total. The number of nitrogens with one attached hydrogen (secondary N) is 1. The molecule has 0 amide bonds. The third-order valence-corrected chi connectivity index (χ3v) is 5.04. The van der Waals surface area contributed by atoms with Gasteiger partial charge in [-0.15, -0.1) is 0 Å². The van der Waals surface area contributed by atoms with E-state index in [4.69, 9.17) is 4.74 Å². The van der Waals surface area contributed by atoms with Gasteiger partial charge in [-0.2, -0.15) is 0 Å². The predicted molar refractivity (Wildman–Crippen MR) is 86.1 cm³/mol. The molecule has 0 radical (unpaired) electrons. The highest BCUT2D eigenvalue weighted by Gasteiger charge is 2.24. The number of benzene rings is 1. The van der Waals surface area contributed by atoms with Gasteiger partial charge < -0.3 is 10.1 Å². The fourth-order valence-electron chi connectivity index (χ4n) is 3.85. The second-order valence-electron chi connectivity index (χ2n) is 6.65. The first kappa shape index (κ1) is 14.4. The maximum Gasteiger partial charge on any atom is 0.127 e. The van der Waals surface area contributed by atoms with Crippen LogP contribution in [0.3, 0.4) is 0 Å². The van der Waals surface area contributed by atoms with Crippen LogP contribution < -0.4 is 10.1 Å². The fourth-order valence-corrected chi connectivity index (χ4v) is 4.40. The van der Waals surface area contributed by atoms with Crippen molar-refractivity contribution in [2.45, 2.75) is 52.1 Å². The molecule has 1 fully saturated rings. The van der Waals surface area contributed by atoms with Gasteiger partial charge in [-0.05, 0) is 48.8 Å². The van der Waals surface area contributed by atoms with Crippen LogP contribution in [-0.4, -0.2) is 12.6 Å². The summed E-state index contributed by atoms with van der Waals surface area (Å²) in [5, 5.41) is 3.75. The lowest BCUT2D eigenvalue weighted by Crippen LogP contribution is -2.35. The van der Waals surface area contributed by atoms with Crippen molar-refractivity contribution in [3.05, 3.63) is 27.7 Å². The molecule has 1 saturated carbocycles. The number of fused-ring (bicyclic) bond motifs is 1. The first-order valence-corrected chi connectivity index (χ1v) is 8.58. The number of hydrogen-bond donors (Lipinski definition) is 1. The molecule has 1 aliphatic heterocycles. The van der Waals surface area contributed by atoms with E-state index in [1.165, 1.54) is 34.9 Å². The molecule has 1 aromatic carbocycles. The molecule has 3 rings (SSSR count). The minimum atomic E-state index is 0.657. The molecular formula is C17H24BrNO. The zero-order valence-corrected chi connectivity index (χ0v) is 14.0. The molecule has 0 spiro atoms. The van der Waals surface area contributed by atoms with Gasteiger partial charge in [0, 0.05) is 29.0 Å². The Morgan fingerprint density at radius 2 is 1.95 bits per heavy atom. The number of halogens is 1. The predicted octanol–water partition coefficient (Wildman–Crippen LogP) is 4.30. The van der Waals surface area contributed by atoms with Gasteiger partial charge in [-0.1, -0.05) is 29.8 Å². The van der Waals surface area contributed by atoms with Gasteiger partial charge in [-0.3, -0.25) is 0 Å². The van der Waals surface area contributed by atoms with Crippen molar-refractivity contribution in [1.82, 2.24) is 5.32 Å². The summed E-state index contributed by atoms with van der Waals surface area (Å²) in [5.74, 6) is 2.82. The van der Waals surface area contributed by atoms with Crippen LogP contribution in [0.25, 0.3) is 0 Å². The molecule has 1 aromatic rings. The van der Waals surface area contributed by atoms with Crippen molar-refractivity contribution in [3.8, 4) is 5.75 Å². The summed E-state index contributed by atoms with van der Waals surface area (Å²) in [5.41, 5.74) is 2.65. The van der Waals surface area contributed by atoms with Gasteiger partial charge >= 0.3 is 0 Å². The van der Waals surface area contributed by atoms with Crippen LogP contribution in [0, 0.1) is 11.8 Å². The Balaban J connectivity index is 1.67. The summed E-state index contributed by atoms with van der Waals surface area (Å²) in [6, 6.07) is 5.05. The molecular weight excluding hydrogens is 314 g/mol. The molecule has 2 nitrogen and oxygen atoms in total. The summed E-state index contributed by atoms with van der Waals surface area (Å²) < 4.78 is 6.98. The van der Waals surface area contributed by atoms with E-state index in [0.717, 1.165) is 37.2 Å². The Morgan fingerprint density at radius 1 is 1.20 bits per heavy atom. The normalized spacial score (nSPS) is 29.1. The van der Waals surface area contributed by atoms with Crippen molar-refractivity contribution in [2.24, 2.45) is 11.8 Å². The molecule has 2 aliphatic rings. The van der Waals surface area contributed by atoms with E-state index in [-0.39, 0.29) is 0 Å². The molecule has 0 aromatic heterocycles. The largest absolute Gasteiger partial charge is 0.493 e. The van der Waals surface area contributed by atoms with Crippen LogP contribution in [-0.2, 0) is 13.0 Å². The first-order chi connectivity index (χ1) is 9.61. The van der Waals surface area contributed by atoms with Crippen LogP contribution in [0.4, 0.5) is 0 Å². The minimum Gasteiger partial charge on any atom is -0.493 e. The SMILES string of the molecule is CC1CC(C)CC(NCc2cc(Br)cc3c2OCC3)C1. The van der Waals surface area contributed by atoms with Crippen molar-refractivity contribution in [3.63, 3.8) is 0 Å². The molecule has 1 aliphatic carbocycles. The second kappa shape index (κ2) is 6.07. The highest BCUT2D eigenvalue weighted by molar-refractivity contribution is 9.10. The number of ether oxygens (including phenoxy) is 1. The van der Waals surface area contributed by atoms with Crippen LogP contribution >= 0.6 is 15.9 Å². The summed E-state index contributed by atoms with van der Waals surface area (Å²) >= 11 is 3.62. The van der Waals surface area contributed by atoms with Gasteiger partial charge in [0.2, 0.25) is 0 Å². The Hall–Kier alpha value is -0.540. The monoisotopic (exact) mass is 337 g/mol. The van der Waals surface area contributed by atoms with Crippen molar-refractivity contribution in [1.29, 1.82) is 0 Å². The smallest absolute Gasteiger partial charge is 0.127 e. The van der Waals surface area contributed by atoms with Crippen molar-refractivity contribution in [2.75, 3.05) is 6.61 Å². The van der Waals surface area contributed by atoms with Crippen molar-refractivity contribution < 1.29 is 4.74 Å². The molecule has 110 valence electrons. The standard InChI is InChI=1S/C17H24BrNO/c1-11-5-12(2)7-16(6-11)19-10-14-9-15(18)8-13-3-4-20-17(13)14/h8-9,11-12,16,19H,3-7,10H2,1-2H3.